The van der Waals surface area contributed by atoms with E-state index in [2.05, 4.69) is 16.4 Å². The van der Waals surface area contributed by atoms with Crippen LogP contribution in [0.15, 0.2) is 24.3 Å². The summed E-state index contributed by atoms with van der Waals surface area (Å²) in [5.41, 5.74) is 2.73. The molecule has 1 aromatic carbocycles. The van der Waals surface area contributed by atoms with Crippen LogP contribution in [-0.4, -0.2) is 29.0 Å². The van der Waals surface area contributed by atoms with Gasteiger partial charge in [0.2, 0.25) is 0 Å². The molecule has 1 saturated carbocycles. The number of carbonyl (C=O) groups excluding carboxylic acids is 1. The molecule has 116 valence electrons. The number of carboxylic acid groups (broad SMARTS) is 1. The Kier molecular flexibility index (Phi) is 3.88. The number of rotatable bonds is 3. The number of carbonyl (C=O) groups is 2. The van der Waals surface area contributed by atoms with E-state index in [9.17, 15) is 9.59 Å². The van der Waals surface area contributed by atoms with Crippen LogP contribution in [0, 0.1) is 5.92 Å². The minimum atomic E-state index is -0.680. The van der Waals surface area contributed by atoms with Crippen LogP contribution in [0.3, 0.4) is 0 Å². The van der Waals surface area contributed by atoms with Crippen molar-refractivity contribution in [3.05, 3.63) is 35.5 Å². The molecule has 3 N–H and O–H groups in total. The van der Waals surface area contributed by atoms with Crippen LogP contribution in [0.25, 0.3) is 10.9 Å². The lowest BCUT2D eigenvalue weighted by Gasteiger charge is -2.26. The molecule has 1 amide bonds. The Morgan fingerprint density at radius 1 is 1.23 bits per heavy atom. The second-order valence-corrected chi connectivity index (χ2v) is 5.96. The maximum absolute atomic E-state index is 11.8. The summed E-state index contributed by atoms with van der Waals surface area (Å²) in [6.07, 6.45) is 3.22. The fourth-order valence-electron chi connectivity index (χ4n) is 3.44. The molecule has 0 aliphatic heterocycles. The Labute approximate surface area is 128 Å². The van der Waals surface area contributed by atoms with Gasteiger partial charge in [-0.15, -0.1) is 0 Å². The SMILES string of the molecule is CNC(=O)c1cc2c(C3CCC(C(=O)O)CC3)cccc2[nH]1. The maximum Gasteiger partial charge on any atom is 0.306 e. The van der Waals surface area contributed by atoms with E-state index in [4.69, 9.17) is 5.11 Å². The van der Waals surface area contributed by atoms with E-state index in [0.29, 0.717) is 11.6 Å². The predicted molar refractivity (Wildman–Crippen MR) is 84.0 cm³/mol. The van der Waals surface area contributed by atoms with Gasteiger partial charge in [0, 0.05) is 18.0 Å². The van der Waals surface area contributed by atoms with E-state index in [1.807, 2.05) is 18.2 Å². The highest BCUT2D eigenvalue weighted by Gasteiger charge is 2.27. The average Bonchev–Trinajstić information content (AvgIpc) is 2.98. The van der Waals surface area contributed by atoms with Crippen molar-refractivity contribution in [2.75, 3.05) is 7.05 Å². The number of aromatic amines is 1. The van der Waals surface area contributed by atoms with Gasteiger partial charge in [0.1, 0.15) is 5.69 Å². The van der Waals surface area contributed by atoms with Gasteiger partial charge in [-0.3, -0.25) is 9.59 Å². The fraction of sp³-hybridized carbons (Fsp3) is 0.412. The first-order chi connectivity index (χ1) is 10.6. The van der Waals surface area contributed by atoms with Crippen molar-refractivity contribution in [2.45, 2.75) is 31.6 Å². The molecule has 22 heavy (non-hydrogen) atoms. The molecule has 1 fully saturated rings. The van der Waals surface area contributed by atoms with Crippen LogP contribution in [0.5, 0.6) is 0 Å². The molecule has 2 aromatic rings. The summed E-state index contributed by atoms with van der Waals surface area (Å²) in [5.74, 6) is -0.646. The molecule has 5 nitrogen and oxygen atoms in total. The number of carboxylic acids is 1. The Balaban J connectivity index is 1.89. The lowest BCUT2D eigenvalue weighted by molar-refractivity contribution is -0.142. The fourth-order valence-corrected chi connectivity index (χ4v) is 3.44. The summed E-state index contributed by atoms with van der Waals surface area (Å²) < 4.78 is 0. The topological polar surface area (TPSA) is 82.2 Å². The maximum atomic E-state index is 11.8. The highest BCUT2D eigenvalue weighted by molar-refractivity contribution is 5.98. The molecule has 0 unspecified atom stereocenters. The van der Waals surface area contributed by atoms with Crippen LogP contribution in [0.4, 0.5) is 0 Å². The number of aromatic nitrogens is 1. The second-order valence-electron chi connectivity index (χ2n) is 5.96. The summed E-state index contributed by atoms with van der Waals surface area (Å²) in [4.78, 5) is 26.0. The number of fused-ring (bicyclic) bond motifs is 1. The van der Waals surface area contributed by atoms with Crippen LogP contribution < -0.4 is 5.32 Å². The first-order valence-electron chi connectivity index (χ1n) is 7.66. The highest BCUT2D eigenvalue weighted by Crippen LogP contribution is 2.38. The minimum absolute atomic E-state index is 0.128. The standard InChI is InChI=1S/C17H20N2O3/c1-18-16(20)15-9-13-12(3-2-4-14(13)19-15)10-5-7-11(8-6-10)17(21)22/h2-4,9-11,19H,5-8H2,1H3,(H,18,20)(H,21,22). The Hall–Kier alpha value is -2.30. The van der Waals surface area contributed by atoms with Gasteiger partial charge < -0.3 is 15.4 Å². The van der Waals surface area contributed by atoms with Crippen molar-refractivity contribution >= 4 is 22.8 Å². The van der Waals surface area contributed by atoms with Gasteiger partial charge in [-0.2, -0.15) is 0 Å². The molecular formula is C17H20N2O3. The molecule has 3 rings (SSSR count). The van der Waals surface area contributed by atoms with Crippen molar-refractivity contribution in [1.29, 1.82) is 0 Å². The number of amides is 1. The molecule has 1 aliphatic carbocycles. The van der Waals surface area contributed by atoms with Crippen molar-refractivity contribution in [2.24, 2.45) is 5.92 Å². The summed E-state index contributed by atoms with van der Waals surface area (Å²) in [7, 11) is 1.61. The summed E-state index contributed by atoms with van der Waals surface area (Å²) >= 11 is 0. The molecule has 0 saturated heterocycles. The van der Waals surface area contributed by atoms with E-state index in [1.165, 1.54) is 5.56 Å². The molecule has 0 bridgehead atoms. The largest absolute Gasteiger partial charge is 0.481 e. The van der Waals surface area contributed by atoms with Crippen LogP contribution in [-0.2, 0) is 4.79 Å². The van der Waals surface area contributed by atoms with E-state index in [-0.39, 0.29) is 11.8 Å². The number of hydrogen-bond donors (Lipinski definition) is 3. The molecule has 0 spiro atoms. The lowest BCUT2D eigenvalue weighted by atomic mass is 9.78. The third-order valence-corrected chi connectivity index (χ3v) is 4.69. The van der Waals surface area contributed by atoms with Crippen molar-refractivity contribution < 1.29 is 14.7 Å². The Morgan fingerprint density at radius 3 is 2.59 bits per heavy atom. The lowest BCUT2D eigenvalue weighted by Crippen LogP contribution is -2.20. The first-order valence-corrected chi connectivity index (χ1v) is 7.66. The van der Waals surface area contributed by atoms with Crippen molar-refractivity contribution in [1.82, 2.24) is 10.3 Å². The van der Waals surface area contributed by atoms with E-state index in [1.54, 1.807) is 7.05 Å². The first kappa shape index (κ1) is 14.6. The third kappa shape index (κ3) is 2.58. The van der Waals surface area contributed by atoms with Crippen LogP contribution in [0.1, 0.15) is 47.7 Å². The van der Waals surface area contributed by atoms with Gasteiger partial charge >= 0.3 is 5.97 Å². The Bertz CT molecular complexity index is 712. The zero-order valence-electron chi connectivity index (χ0n) is 12.6. The molecule has 1 aliphatic rings. The number of hydrogen-bond acceptors (Lipinski definition) is 2. The Morgan fingerprint density at radius 2 is 1.95 bits per heavy atom. The van der Waals surface area contributed by atoms with Gasteiger partial charge in [-0.25, -0.2) is 0 Å². The number of benzene rings is 1. The highest BCUT2D eigenvalue weighted by atomic mass is 16.4. The van der Waals surface area contributed by atoms with Gasteiger partial charge in [-0.1, -0.05) is 12.1 Å². The normalized spacial score (nSPS) is 21.7. The summed E-state index contributed by atoms with van der Waals surface area (Å²) in [6.45, 7) is 0. The molecule has 0 atom stereocenters. The van der Waals surface area contributed by atoms with Crippen LogP contribution in [0.2, 0.25) is 0 Å². The second kappa shape index (κ2) is 5.83. The van der Waals surface area contributed by atoms with Gasteiger partial charge in [0.25, 0.3) is 5.91 Å². The zero-order valence-corrected chi connectivity index (χ0v) is 12.6. The van der Waals surface area contributed by atoms with Gasteiger partial charge in [-0.05, 0) is 49.3 Å². The van der Waals surface area contributed by atoms with Gasteiger partial charge in [0.05, 0.1) is 5.92 Å². The monoisotopic (exact) mass is 300 g/mol. The molecule has 1 heterocycles. The third-order valence-electron chi connectivity index (χ3n) is 4.69. The number of aliphatic carboxylic acids is 1. The van der Waals surface area contributed by atoms with Crippen molar-refractivity contribution in [3.8, 4) is 0 Å². The molecule has 0 radical (unpaired) electrons. The minimum Gasteiger partial charge on any atom is -0.481 e. The molecule has 5 heteroatoms. The number of H-pyrrole nitrogens is 1. The van der Waals surface area contributed by atoms with E-state index in [0.717, 1.165) is 36.6 Å². The summed E-state index contributed by atoms with van der Waals surface area (Å²) in [5, 5.41) is 12.8. The molecule has 1 aromatic heterocycles. The van der Waals surface area contributed by atoms with E-state index >= 15 is 0 Å². The van der Waals surface area contributed by atoms with Gasteiger partial charge in [0.15, 0.2) is 0 Å². The van der Waals surface area contributed by atoms with E-state index < -0.39 is 5.97 Å². The molecular weight excluding hydrogens is 280 g/mol. The summed E-state index contributed by atoms with van der Waals surface area (Å²) in [6, 6.07) is 7.95. The zero-order chi connectivity index (χ0) is 15.7. The average molecular weight is 300 g/mol. The predicted octanol–water partition coefficient (Wildman–Crippen LogP) is 2.89. The van der Waals surface area contributed by atoms with Crippen LogP contribution >= 0.6 is 0 Å². The quantitative estimate of drug-likeness (QED) is 0.815. The van der Waals surface area contributed by atoms with Crippen molar-refractivity contribution in [3.63, 3.8) is 0 Å². The number of nitrogens with one attached hydrogen (secondary N) is 2. The smallest absolute Gasteiger partial charge is 0.306 e.